The lowest BCUT2D eigenvalue weighted by atomic mass is 9.88. The summed E-state index contributed by atoms with van der Waals surface area (Å²) in [7, 11) is 1.73. The van der Waals surface area contributed by atoms with Gasteiger partial charge in [0, 0.05) is 7.11 Å². The summed E-state index contributed by atoms with van der Waals surface area (Å²) in [4.78, 5) is 0. The van der Waals surface area contributed by atoms with E-state index in [9.17, 15) is 4.39 Å². The Morgan fingerprint density at radius 2 is 1.88 bits per heavy atom. The van der Waals surface area contributed by atoms with E-state index >= 15 is 0 Å². The van der Waals surface area contributed by atoms with Crippen molar-refractivity contribution < 1.29 is 9.13 Å². The summed E-state index contributed by atoms with van der Waals surface area (Å²) < 4.78 is 18.4. The summed E-state index contributed by atoms with van der Waals surface area (Å²) in [5, 5.41) is 3.34. The molecule has 1 aliphatic heterocycles. The fourth-order valence-corrected chi connectivity index (χ4v) is 2.40. The van der Waals surface area contributed by atoms with Gasteiger partial charge in [-0.2, -0.15) is 0 Å². The maximum atomic E-state index is 12.8. The molecular formula is C13H18FNO. The predicted octanol–water partition coefficient (Wildman–Crippen LogP) is 2.51. The van der Waals surface area contributed by atoms with Crippen molar-refractivity contribution in [2.45, 2.75) is 18.9 Å². The Kier molecular flexibility index (Phi) is 3.91. The maximum absolute atomic E-state index is 12.8. The second-order valence-electron chi connectivity index (χ2n) is 4.30. The number of ether oxygens (including phenoxy) is 1. The van der Waals surface area contributed by atoms with Crippen molar-refractivity contribution in [2.24, 2.45) is 5.92 Å². The average Bonchev–Trinajstić information content (AvgIpc) is 2.34. The van der Waals surface area contributed by atoms with Gasteiger partial charge in [-0.25, -0.2) is 4.39 Å². The lowest BCUT2D eigenvalue weighted by Gasteiger charge is -2.30. The van der Waals surface area contributed by atoms with E-state index in [-0.39, 0.29) is 11.9 Å². The number of rotatable bonds is 3. The van der Waals surface area contributed by atoms with E-state index in [1.54, 1.807) is 7.11 Å². The molecule has 0 aromatic heterocycles. The standard InChI is InChI=1S/C13H18FNO/c1-16-13(11-6-8-15-9-7-11)10-2-4-12(14)5-3-10/h2-5,11,13,15H,6-9H2,1H3. The highest BCUT2D eigenvalue weighted by Crippen LogP contribution is 2.31. The maximum Gasteiger partial charge on any atom is 0.123 e. The van der Waals surface area contributed by atoms with Crippen LogP contribution in [0.5, 0.6) is 0 Å². The Balaban J connectivity index is 2.11. The van der Waals surface area contributed by atoms with E-state index in [4.69, 9.17) is 4.74 Å². The highest BCUT2D eigenvalue weighted by Gasteiger charge is 2.24. The quantitative estimate of drug-likeness (QED) is 0.850. The monoisotopic (exact) mass is 223 g/mol. The molecule has 1 unspecified atom stereocenters. The second kappa shape index (κ2) is 5.41. The first kappa shape index (κ1) is 11.6. The minimum atomic E-state index is -0.191. The molecule has 1 atom stereocenters. The van der Waals surface area contributed by atoms with Crippen LogP contribution in [0.2, 0.25) is 0 Å². The molecule has 0 radical (unpaired) electrons. The largest absolute Gasteiger partial charge is 0.376 e. The van der Waals surface area contributed by atoms with Crippen LogP contribution in [-0.2, 0) is 4.74 Å². The van der Waals surface area contributed by atoms with E-state index in [0.717, 1.165) is 31.5 Å². The topological polar surface area (TPSA) is 21.3 Å². The van der Waals surface area contributed by atoms with Crippen LogP contribution in [0, 0.1) is 11.7 Å². The molecule has 88 valence electrons. The predicted molar refractivity (Wildman–Crippen MR) is 61.7 cm³/mol. The highest BCUT2D eigenvalue weighted by atomic mass is 19.1. The van der Waals surface area contributed by atoms with Crippen molar-refractivity contribution >= 4 is 0 Å². The molecule has 2 nitrogen and oxygen atoms in total. The van der Waals surface area contributed by atoms with Gasteiger partial charge in [-0.15, -0.1) is 0 Å². The van der Waals surface area contributed by atoms with Crippen molar-refractivity contribution in [3.8, 4) is 0 Å². The SMILES string of the molecule is COC(c1ccc(F)cc1)C1CCNCC1. The van der Waals surface area contributed by atoms with Crippen molar-refractivity contribution in [3.05, 3.63) is 35.6 Å². The highest BCUT2D eigenvalue weighted by molar-refractivity contribution is 5.19. The van der Waals surface area contributed by atoms with E-state index < -0.39 is 0 Å². The molecule has 0 aliphatic carbocycles. The smallest absolute Gasteiger partial charge is 0.123 e. The molecule has 1 N–H and O–H groups in total. The lowest BCUT2D eigenvalue weighted by Crippen LogP contribution is -2.31. The van der Waals surface area contributed by atoms with E-state index in [0.29, 0.717) is 5.92 Å². The Bertz CT molecular complexity index is 319. The van der Waals surface area contributed by atoms with Crippen molar-refractivity contribution in [1.29, 1.82) is 0 Å². The van der Waals surface area contributed by atoms with Gasteiger partial charge in [-0.05, 0) is 49.5 Å². The summed E-state index contributed by atoms with van der Waals surface area (Å²) in [6.07, 6.45) is 2.34. The Labute approximate surface area is 95.8 Å². The van der Waals surface area contributed by atoms with Gasteiger partial charge in [0.2, 0.25) is 0 Å². The molecule has 0 amide bonds. The molecule has 0 saturated carbocycles. The van der Waals surface area contributed by atoms with Gasteiger partial charge >= 0.3 is 0 Å². The molecule has 3 heteroatoms. The number of piperidine rings is 1. The van der Waals surface area contributed by atoms with Crippen LogP contribution in [0.25, 0.3) is 0 Å². The second-order valence-corrected chi connectivity index (χ2v) is 4.30. The molecule has 0 spiro atoms. The number of halogens is 1. The zero-order chi connectivity index (χ0) is 11.4. The Morgan fingerprint density at radius 1 is 1.25 bits per heavy atom. The zero-order valence-electron chi connectivity index (χ0n) is 9.58. The fourth-order valence-electron chi connectivity index (χ4n) is 2.40. The number of hydrogen-bond donors (Lipinski definition) is 1. The molecule has 2 rings (SSSR count). The van der Waals surface area contributed by atoms with Crippen LogP contribution < -0.4 is 5.32 Å². The molecule has 1 fully saturated rings. The van der Waals surface area contributed by atoms with Gasteiger partial charge in [-0.1, -0.05) is 12.1 Å². The van der Waals surface area contributed by atoms with Crippen LogP contribution in [0.3, 0.4) is 0 Å². The van der Waals surface area contributed by atoms with Crippen molar-refractivity contribution in [2.75, 3.05) is 20.2 Å². The van der Waals surface area contributed by atoms with Crippen molar-refractivity contribution in [1.82, 2.24) is 5.32 Å². The van der Waals surface area contributed by atoms with Crippen LogP contribution in [0.15, 0.2) is 24.3 Å². The third-order valence-electron chi connectivity index (χ3n) is 3.26. The first-order chi connectivity index (χ1) is 7.81. The van der Waals surface area contributed by atoms with Gasteiger partial charge in [-0.3, -0.25) is 0 Å². The van der Waals surface area contributed by atoms with E-state index in [1.165, 1.54) is 12.1 Å². The summed E-state index contributed by atoms with van der Waals surface area (Å²) >= 11 is 0. The first-order valence-electron chi connectivity index (χ1n) is 5.80. The first-order valence-corrected chi connectivity index (χ1v) is 5.80. The van der Waals surface area contributed by atoms with Gasteiger partial charge in [0.1, 0.15) is 5.82 Å². The summed E-state index contributed by atoms with van der Waals surface area (Å²) in [6, 6.07) is 6.65. The summed E-state index contributed by atoms with van der Waals surface area (Å²) in [5.74, 6) is 0.348. The molecular weight excluding hydrogens is 205 g/mol. The van der Waals surface area contributed by atoms with Crippen molar-refractivity contribution in [3.63, 3.8) is 0 Å². The van der Waals surface area contributed by atoms with Gasteiger partial charge in [0.05, 0.1) is 6.10 Å². The number of hydrogen-bond acceptors (Lipinski definition) is 2. The van der Waals surface area contributed by atoms with Crippen LogP contribution in [0.1, 0.15) is 24.5 Å². The van der Waals surface area contributed by atoms with E-state index in [2.05, 4.69) is 5.32 Å². The summed E-state index contributed by atoms with van der Waals surface area (Å²) in [5.41, 5.74) is 1.08. The van der Waals surface area contributed by atoms with Gasteiger partial charge in [0.15, 0.2) is 0 Å². The molecule has 1 aromatic rings. The van der Waals surface area contributed by atoms with E-state index in [1.807, 2.05) is 12.1 Å². The lowest BCUT2D eigenvalue weighted by molar-refractivity contribution is 0.0382. The van der Waals surface area contributed by atoms with Crippen LogP contribution >= 0.6 is 0 Å². The third-order valence-corrected chi connectivity index (χ3v) is 3.26. The number of methoxy groups -OCH3 is 1. The number of nitrogens with one attached hydrogen (secondary N) is 1. The average molecular weight is 223 g/mol. The van der Waals surface area contributed by atoms with Gasteiger partial charge < -0.3 is 10.1 Å². The molecule has 1 aliphatic rings. The minimum Gasteiger partial charge on any atom is -0.376 e. The van der Waals surface area contributed by atoms with Crippen LogP contribution in [0.4, 0.5) is 4.39 Å². The molecule has 1 saturated heterocycles. The normalized spacial score (nSPS) is 19.6. The molecule has 0 bridgehead atoms. The molecule has 1 heterocycles. The minimum absolute atomic E-state index is 0.0997. The summed E-state index contributed by atoms with van der Waals surface area (Å²) in [6.45, 7) is 2.09. The number of benzene rings is 1. The van der Waals surface area contributed by atoms with Gasteiger partial charge in [0.25, 0.3) is 0 Å². The molecule has 16 heavy (non-hydrogen) atoms. The van der Waals surface area contributed by atoms with Crippen LogP contribution in [-0.4, -0.2) is 20.2 Å². The zero-order valence-corrected chi connectivity index (χ0v) is 9.58. The Morgan fingerprint density at radius 3 is 2.44 bits per heavy atom. The Hall–Kier alpha value is -0.930. The fraction of sp³-hybridized carbons (Fsp3) is 0.538. The third kappa shape index (κ3) is 2.60. The molecule has 1 aromatic carbocycles.